The number of rotatable bonds is 2. The third-order valence-electron chi connectivity index (χ3n) is 3.93. The second kappa shape index (κ2) is 6.04. The van der Waals surface area contributed by atoms with Crippen LogP contribution in [0.2, 0.25) is 0 Å². The molecule has 0 N–H and O–H groups in total. The number of carbonyl (C=O) groups is 1. The number of halogens is 1. The van der Waals surface area contributed by atoms with E-state index in [9.17, 15) is 9.18 Å². The highest BCUT2D eigenvalue weighted by molar-refractivity contribution is 5.94. The van der Waals surface area contributed by atoms with Gasteiger partial charge < -0.3 is 4.90 Å². The normalized spacial score (nSPS) is 18.5. The molecule has 1 aliphatic heterocycles. The lowest BCUT2D eigenvalue weighted by Gasteiger charge is -2.36. The van der Waals surface area contributed by atoms with Crippen LogP contribution in [0.25, 0.3) is 0 Å². The summed E-state index contributed by atoms with van der Waals surface area (Å²) in [5.41, 5.74) is 1.60. The first kappa shape index (κ1) is 13.7. The Morgan fingerprint density at radius 1 is 1.19 bits per heavy atom. The summed E-state index contributed by atoms with van der Waals surface area (Å²) in [6, 6.07) is 10.0. The fourth-order valence-corrected chi connectivity index (χ4v) is 2.86. The van der Waals surface area contributed by atoms with Crippen molar-refractivity contribution in [3.8, 4) is 0 Å². The summed E-state index contributed by atoms with van der Waals surface area (Å²) >= 11 is 0. The van der Waals surface area contributed by atoms with Crippen LogP contribution in [0, 0.1) is 5.82 Å². The first-order valence-corrected chi connectivity index (χ1v) is 7.22. The molecule has 1 fully saturated rings. The Hall–Kier alpha value is -2.23. The van der Waals surface area contributed by atoms with E-state index in [2.05, 4.69) is 4.98 Å². The molecule has 1 aromatic heterocycles. The fraction of sp³-hybridized carbons (Fsp3) is 0.294. The highest BCUT2D eigenvalue weighted by atomic mass is 19.1. The molecular formula is C17H17FN2O. The number of benzene rings is 1. The highest BCUT2D eigenvalue weighted by Crippen LogP contribution is 2.32. The highest BCUT2D eigenvalue weighted by Gasteiger charge is 2.28. The minimum Gasteiger partial charge on any atom is -0.332 e. The van der Waals surface area contributed by atoms with E-state index in [4.69, 9.17) is 0 Å². The Morgan fingerprint density at radius 2 is 2.00 bits per heavy atom. The topological polar surface area (TPSA) is 33.2 Å². The summed E-state index contributed by atoms with van der Waals surface area (Å²) in [7, 11) is 0. The van der Waals surface area contributed by atoms with Crippen LogP contribution < -0.4 is 0 Å². The van der Waals surface area contributed by atoms with Crippen LogP contribution in [-0.4, -0.2) is 22.3 Å². The largest absolute Gasteiger partial charge is 0.332 e. The van der Waals surface area contributed by atoms with Gasteiger partial charge in [-0.05, 0) is 49.1 Å². The molecule has 0 spiro atoms. The molecule has 0 bridgehead atoms. The van der Waals surface area contributed by atoms with Crippen molar-refractivity contribution in [1.29, 1.82) is 0 Å². The van der Waals surface area contributed by atoms with Crippen LogP contribution in [0.1, 0.15) is 41.2 Å². The molecular weight excluding hydrogens is 267 g/mol. The van der Waals surface area contributed by atoms with Crippen LogP contribution >= 0.6 is 0 Å². The molecule has 1 atom stereocenters. The van der Waals surface area contributed by atoms with E-state index >= 15 is 0 Å². The smallest absolute Gasteiger partial charge is 0.255 e. The number of amides is 1. The molecule has 21 heavy (non-hydrogen) atoms. The Morgan fingerprint density at radius 3 is 2.71 bits per heavy atom. The van der Waals surface area contributed by atoms with Gasteiger partial charge in [0.15, 0.2) is 0 Å². The van der Waals surface area contributed by atoms with Gasteiger partial charge in [0, 0.05) is 18.9 Å². The van der Waals surface area contributed by atoms with Gasteiger partial charge in [0.05, 0.1) is 11.6 Å². The van der Waals surface area contributed by atoms with Gasteiger partial charge >= 0.3 is 0 Å². The van der Waals surface area contributed by atoms with Crippen molar-refractivity contribution in [2.75, 3.05) is 6.54 Å². The molecule has 2 heterocycles. The Bertz CT molecular complexity index is 612. The fourth-order valence-electron chi connectivity index (χ4n) is 2.86. The zero-order valence-corrected chi connectivity index (χ0v) is 11.7. The van der Waals surface area contributed by atoms with Crippen molar-refractivity contribution in [2.24, 2.45) is 0 Å². The van der Waals surface area contributed by atoms with Crippen molar-refractivity contribution < 1.29 is 9.18 Å². The first-order chi connectivity index (χ1) is 10.3. The molecule has 0 aliphatic carbocycles. The lowest BCUT2D eigenvalue weighted by atomic mass is 9.94. The maximum Gasteiger partial charge on any atom is 0.255 e. The number of hydrogen-bond acceptors (Lipinski definition) is 2. The van der Waals surface area contributed by atoms with Gasteiger partial charge in [0.2, 0.25) is 0 Å². The summed E-state index contributed by atoms with van der Waals surface area (Å²) in [6.07, 6.45) is 6.25. The van der Waals surface area contributed by atoms with E-state index < -0.39 is 0 Å². The Labute approximate surface area is 123 Å². The lowest BCUT2D eigenvalue weighted by molar-refractivity contribution is 0.0611. The molecule has 1 aliphatic rings. The monoisotopic (exact) mass is 284 g/mol. The van der Waals surface area contributed by atoms with Crippen LogP contribution in [0.15, 0.2) is 48.8 Å². The Balaban J connectivity index is 1.88. The minimum atomic E-state index is -0.250. The molecule has 1 aromatic carbocycles. The summed E-state index contributed by atoms with van der Waals surface area (Å²) in [5.74, 6) is -0.253. The van der Waals surface area contributed by atoms with Gasteiger partial charge in [0.25, 0.3) is 5.91 Å². The predicted molar refractivity (Wildman–Crippen MR) is 78.3 cm³/mol. The summed E-state index contributed by atoms with van der Waals surface area (Å²) < 4.78 is 13.1. The summed E-state index contributed by atoms with van der Waals surface area (Å²) in [6.45, 7) is 0.732. The average Bonchev–Trinajstić information content (AvgIpc) is 2.56. The van der Waals surface area contributed by atoms with Crippen molar-refractivity contribution in [1.82, 2.24) is 9.88 Å². The van der Waals surface area contributed by atoms with Gasteiger partial charge in [-0.15, -0.1) is 0 Å². The van der Waals surface area contributed by atoms with E-state index in [1.165, 1.54) is 12.1 Å². The molecule has 108 valence electrons. The van der Waals surface area contributed by atoms with Gasteiger partial charge in [-0.25, -0.2) is 4.39 Å². The zero-order chi connectivity index (χ0) is 14.7. The third kappa shape index (κ3) is 2.94. The third-order valence-corrected chi connectivity index (χ3v) is 3.93. The van der Waals surface area contributed by atoms with Crippen molar-refractivity contribution in [2.45, 2.75) is 25.3 Å². The molecule has 3 nitrogen and oxygen atoms in total. The summed E-state index contributed by atoms with van der Waals surface area (Å²) in [5, 5.41) is 0. The number of aromatic nitrogens is 1. The summed E-state index contributed by atoms with van der Waals surface area (Å²) in [4.78, 5) is 18.6. The minimum absolute atomic E-state index is 0.00266. The van der Waals surface area contributed by atoms with Crippen molar-refractivity contribution in [3.05, 3.63) is 65.7 Å². The van der Waals surface area contributed by atoms with Crippen LogP contribution in [0.3, 0.4) is 0 Å². The van der Waals surface area contributed by atoms with Gasteiger partial charge in [-0.1, -0.05) is 12.1 Å². The quantitative estimate of drug-likeness (QED) is 0.844. The van der Waals surface area contributed by atoms with Crippen molar-refractivity contribution >= 4 is 5.91 Å². The maximum atomic E-state index is 13.1. The second-order valence-electron chi connectivity index (χ2n) is 5.30. The van der Waals surface area contributed by atoms with Gasteiger partial charge in [-0.3, -0.25) is 9.78 Å². The lowest BCUT2D eigenvalue weighted by Crippen LogP contribution is -2.38. The average molecular weight is 284 g/mol. The first-order valence-electron chi connectivity index (χ1n) is 7.22. The molecule has 0 radical (unpaired) electrons. The number of pyridine rings is 1. The molecule has 4 heteroatoms. The molecule has 0 saturated carbocycles. The van der Waals surface area contributed by atoms with Crippen LogP contribution in [-0.2, 0) is 0 Å². The zero-order valence-electron chi connectivity index (χ0n) is 11.7. The molecule has 3 rings (SSSR count). The van der Waals surface area contributed by atoms with E-state index in [0.717, 1.165) is 31.4 Å². The Kier molecular flexibility index (Phi) is 3.95. The molecule has 0 unspecified atom stereocenters. The standard InChI is InChI=1S/C17H17FN2O/c18-15-8-6-13(7-9-15)16-5-1-2-11-20(16)17(21)14-4-3-10-19-12-14/h3-4,6-10,12,16H,1-2,5,11H2/t16-/m0/s1. The van der Waals surface area contributed by atoms with Crippen molar-refractivity contribution in [3.63, 3.8) is 0 Å². The van der Waals surface area contributed by atoms with E-state index in [1.807, 2.05) is 4.90 Å². The van der Waals surface area contributed by atoms with Crippen LogP contribution in [0.4, 0.5) is 4.39 Å². The molecule has 1 saturated heterocycles. The number of hydrogen-bond donors (Lipinski definition) is 0. The number of nitrogens with zero attached hydrogens (tertiary/aromatic N) is 2. The van der Waals surface area contributed by atoms with E-state index in [0.29, 0.717) is 5.56 Å². The van der Waals surface area contributed by atoms with E-state index in [1.54, 1.807) is 36.7 Å². The SMILES string of the molecule is O=C(c1cccnc1)N1CCCC[C@H]1c1ccc(F)cc1. The second-order valence-corrected chi connectivity index (χ2v) is 5.30. The van der Waals surface area contributed by atoms with Crippen LogP contribution in [0.5, 0.6) is 0 Å². The maximum absolute atomic E-state index is 13.1. The van der Waals surface area contributed by atoms with Gasteiger partial charge in [0.1, 0.15) is 5.82 Å². The molecule has 1 amide bonds. The number of carbonyl (C=O) groups excluding carboxylic acids is 1. The van der Waals surface area contributed by atoms with E-state index in [-0.39, 0.29) is 17.8 Å². The number of likely N-dealkylation sites (tertiary alicyclic amines) is 1. The van der Waals surface area contributed by atoms with Gasteiger partial charge in [-0.2, -0.15) is 0 Å². The predicted octanol–water partition coefficient (Wildman–Crippen LogP) is 3.59. The number of piperidine rings is 1. The molecule has 2 aromatic rings.